The number of ether oxygens (including phenoxy) is 6. The van der Waals surface area contributed by atoms with E-state index in [1.54, 1.807) is 0 Å². The van der Waals surface area contributed by atoms with Crippen LogP contribution in [0.4, 0.5) is 0 Å². The molecule has 5 fully saturated rings. The Morgan fingerprint density at radius 2 is 1.50 bits per heavy atom. The molecule has 0 radical (unpaired) electrons. The lowest BCUT2D eigenvalue weighted by molar-refractivity contribution is -0.299. The predicted octanol–water partition coefficient (Wildman–Crippen LogP) is 7.07. The van der Waals surface area contributed by atoms with E-state index in [1.807, 2.05) is 13.0 Å². The van der Waals surface area contributed by atoms with E-state index in [9.17, 15) is 24.0 Å². The Balaban J connectivity index is 1.27. The summed E-state index contributed by atoms with van der Waals surface area (Å²) in [5, 5.41) is 0. The van der Waals surface area contributed by atoms with Crippen molar-refractivity contribution in [2.45, 2.75) is 164 Å². The molecule has 6 rings (SSSR count). The molecule has 5 aliphatic carbocycles. The van der Waals surface area contributed by atoms with Crippen LogP contribution in [0.3, 0.4) is 0 Å². The van der Waals surface area contributed by atoms with Crippen LogP contribution in [0.5, 0.6) is 0 Å². The Bertz CT molecular complexity index is 1580. The highest BCUT2D eigenvalue weighted by atomic mass is 16.7. The van der Waals surface area contributed by atoms with Crippen LogP contribution in [0.15, 0.2) is 11.6 Å². The summed E-state index contributed by atoms with van der Waals surface area (Å²) in [5.74, 6) is -1.37. The lowest BCUT2D eigenvalue weighted by Crippen LogP contribution is -2.67. The lowest BCUT2D eigenvalue weighted by atomic mass is 9.33. The number of fused-ring (bicyclic) bond motifs is 7. The molecule has 0 aromatic rings. The van der Waals surface area contributed by atoms with Gasteiger partial charge in [0, 0.05) is 33.1 Å². The number of esters is 4. The highest BCUT2D eigenvalue weighted by Crippen LogP contribution is 2.75. The Labute approximate surface area is 321 Å². The molecule has 54 heavy (non-hydrogen) atoms. The average Bonchev–Trinajstić information content (AvgIpc) is 3.07. The Morgan fingerprint density at radius 1 is 0.833 bits per heavy atom. The number of hydrogen-bond donors (Lipinski definition) is 0. The number of allylic oxidation sites excluding steroid dienone is 2. The molecule has 0 N–H and O–H groups in total. The Kier molecular flexibility index (Phi) is 10.6. The minimum atomic E-state index is -0.971. The van der Waals surface area contributed by atoms with Crippen molar-refractivity contribution in [3.63, 3.8) is 0 Å². The second-order valence-corrected chi connectivity index (χ2v) is 19.6. The summed E-state index contributed by atoms with van der Waals surface area (Å²) in [7, 11) is 1.48. The highest BCUT2D eigenvalue weighted by molar-refractivity contribution is 5.95. The summed E-state index contributed by atoms with van der Waals surface area (Å²) >= 11 is 0. The van der Waals surface area contributed by atoms with E-state index in [0.29, 0.717) is 12.8 Å². The third-order valence-electron chi connectivity index (χ3n) is 16.1. The highest BCUT2D eigenvalue weighted by Gasteiger charge is 2.70. The fourth-order valence-corrected chi connectivity index (χ4v) is 13.0. The van der Waals surface area contributed by atoms with Gasteiger partial charge >= 0.3 is 23.9 Å². The van der Waals surface area contributed by atoms with Crippen molar-refractivity contribution in [3.05, 3.63) is 11.6 Å². The molecule has 0 amide bonds. The Hall–Kier alpha value is -2.79. The molecule has 4 saturated carbocycles. The number of hydrogen-bond acceptors (Lipinski definition) is 11. The van der Waals surface area contributed by atoms with Crippen LogP contribution in [0, 0.1) is 50.2 Å². The van der Waals surface area contributed by atoms with Crippen molar-refractivity contribution >= 4 is 29.7 Å². The van der Waals surface area contributed by atoms with Crippen LogP contribution < -0.4 is 0 Å². The number of carbonyl (C=O) groups is 5. The maximum Gasteiger partial charge on any atom is 0.311 e. The second-order valence-electron chi connectivity index (χ2n) is 19.6. The van der Waals surface area contributed by atoms with Gasteiger partial charge in [-0.1, -0.05) is 47.1 Å². The normalized spacial score (nSPS) is 45.2. The van der Waals surface area contributed by atoms with Crippen LogP contribution >= 0.6 is 0 Å². The number of rotatable bonds is 7. The minimum Gasteiger partial charge on any atom is -0.469 e. The van der Waals surface area contributed by atoms with E-state index in [1.165, 1.54) is 33.5 Å². The lowest BCUT2D eigenvalue weighted by Gasteiger charge is -2.70. The van der Waals surface area contributed by atoms with Crippen molar-refractivity contribution in [1.29, 1.82) is 0 Å². The molecule has 11 nitrogen and oxygen atoms in total. The first-order valence-corrected chi connectivity index (χ1v) is 20.2. The molecule has 13 atom stereocenters. The fraction of sp³-hybridized carbons (Fsp3) is 0.837. The second kappa shape index (κ2) is 14.0. The molecule has 1 saturated heterocycles. The van der Waals surface area contributed by atoms with Gasteiger partial charge in [-0.25, -0.2) is 0 Å². The first-order chi connectivity index (χ1) is 25.0. The number of methoxy groups -OCH3 is 1. The maximum atomic E-state index is 14.9. The summed E-state index contributed by atoms with van der Waals surface area (Å²) < 4.78 is 34.9. The number of carbonyl (C=O) groups excluding carboxylic acids is 5. The summed E-state index contributed by atoms with van der Waals surface area (Å²) in [5.41, 5.74) is -0.304. The predicted molar refractivity (Wildman–Crippen MR) is 197 cm³/mol. The molecule has 0 spiro atoms. The van der Waals surface area contributed by atoms with Crippen molar-refractivity contribution in [2.24, 2.45) is 50.2 Å². The summed E-state index contributed by atoms with van der Waals surface area (Å²) in [6.07, 6.45) is 6.32. The van der Waals surface area contributed by atoms with E-state index in [0.717, 1.165) is 44.9 Å². The van der Waals surface area contributed by atoms with Gasteiger partial charge < -0.3 is 28.4 Å². The molecule has 1 unspecified atom stereocenters. The quantitative estimate of drug-likeness (QED) is 0.150. The van der Waals surface area contributed by atoms with Gasteiger partial charge in [0.15, 0.2) is 18.2 Å². The van der Waals surface area contributed by atoms with Crippen LogP contribution in [0.1, 0.15) is 133 Å². The summed E-state index contributed by atoms with van der Waals surface area (Å²) in [6, 6.07) is 0. The van der Waals surface area contributed by atoms with Crippen molar-refractivity contribution < 1.29 is 52.4 Å². The average molecular weight is 757 g/mol. The standard InChI is InChI=1S/C43H64O11/c1-24(44)50-23-31-35(52-26(3)46)30(51-25(2)45)21-34(53-31)54-33-13-14-41(8)32(38(33,4)5)12-15-43(10)36(41)29(47)20-27-28-22-40(7,37(48)49-11)17-16-39(28,6)18-19-42(27,43)9/h20,28,30-36H,12-19,21-23H2,1-11H3/t28-,30-,31-,32?,33-,34-,35+,36+,39+,40-,41-,42+,43+/m0/s1. The van der Waals surface area contributed by atoms with Gasteiger partial charge in [0.1, 0.15) is 18.8 Å². The van der Waals surface area contributed by atoms with Gasteiger partial charge in [0.2, 0.25) is 0 Å². The monoisotopic (exact) mass is 756 g/mol. The fourth-order valence-electron chi connectivity index (χ4n) is 13.0. The maximum absolute atomic E-state index is 14.9. The first-order valence-electron chi connectivity index (χ1n) is 20.2. The molecule has 1 aliphatic heterocycles. The molecular weight excluding hydrogens is 692 g/mol. The first kappa shape index (κ1) is 40.9. The topological polar surface area (TPSA) is 141 Å². The van der Waals surface area contributed by atoms with E-state index in [2.05, 4.69) is 41.5 Å². The van der Waals surface area contributed by atoms with Gasteiger partial charge in [-0.2, -0.15) is 0 Å². The molecule has 11 heteroatoms. The zero-order chi connectivity index (χ0) is 39.8. The van der Waals surface area contributed by atoms with Gasteiger partial charge in [0.25, 0.3) is 0 Å². The molecule has 0 aromatic heterocycles. The molecule has 1 heterocycles. The van der Waals surface area contributed by atoms with E-state index in [-0.39, 0.29) is 75.7 Å². The van der Waals surface area contributed by atoms with E-state index < -0.39 is 47.9 Å². The van der Waals surface area contributed by atoms with Gasteiger partial charge in [-0.15, -0.1) is 0 Å². The van der Waals surface area contributed by atoms with Crippen LogP contribution in [0.25, 0.3) is 0 Å². The van der Waals surface area contributed by atoms with Gasteiger partial charge in [0.05, 0.1) is 18.6 Å². The van der Waals surface area contributed by atoms with Crippen molar-refractivity contribution in [1.82, 2.24) is 0 Å². The molecule has 6 aliphatic rings. The molecule has 302 valence electrons. The van der Waals surface area contributed by atoms with Crippen molar-refractivity contribution in [3.8, 4) is 0 Å². The number of ketones is 1. The smallest absolute Gasteiger partial charge is 0.311 e. The zero-order valence-corrected chi connectivity index (χ0v) is 34.5. The third-order valence-corrected chi connectivity index (χ3v) is 16.1. The summed E-state index contributed by atoms with van der Waals surface area (Å²) in [4.78, 5) is 63.9. The van der Waals surface area contributed by atoms with Crippen molar-refractivity contribution in [2.75, 3.05) is 13.7 Å². The van der Waals surface area contributed by atoms with E-state index >= 15 is 0 Å². The molecular formula is C43H64O11. The van der Waals surface area contributed by atoms with Gasteiger partial charge in [-0.05, 0) is 110 Å². The molecule has 0 aromatic carbocycles. The Morgan fingerprint density at radius 3 is 2.13 bits per heavy atom. The summed E-state index contributed by atoms with van der Waals surface area (Å²) in [6.45, 7) is 19.7. The van der Waals surface area contributed by atoms with Gasteiger partial charge in [-0.3, -0.25) is 24.0 Å². The van der Waals surface area contributed by atoms with E-state index in [4.69, 9.17) is 28.4 Å². The largest absolute Gasteiger partial charge is 0.469 e. The SMILES string of the molecule is COC(=O)[C@@]1(C)CC[C@]2(C)CC[C@]3(C)C(=CC(=O)[C@@H]4[C@@]5(C)CC[C@H](O[C@H]6C[C@H](OC(C)=O)[C@@H](OC(C)=O)[C@H](COC(C)=O)O6)C(C)(C)C5CC[C@]43C)[C@@H]2C1. The van der Waals surface area contributed by atoms with Crippen LogP contribution in [-0.2, 0) is 52.4 Å². The minimum absolute atomic E-state index is 0.0475. The van der Waals surface area contributed by atoms with Crippen LogP contribution in [0.2, 0.25) is 0 Å². The third kappa shape index (κ3) is 6.54. The van der Waals surface area contributed by atoms with Crippen LogP contribution in [-0.4, -0.2) is 74.1 Å². The zero-order valence-electron chi connectivity index (χ0n) is 34.5. The molecule has 0 bridgehead atoms.